The zero-order chi connectivity index (χ0) is 21.6. The molecule has 4 rings (SSSR count). The maximum atomic E-state index is 13.0. The van der Waals surface area contributed by atoms with Crippen molar-refractivity contribution in [2.24, 2.45) is 5.92 Å². The number of nitrogens with one attached hydrogen (secondary N) is 1. The molecule has 1 N–H and O–H groups in total. The van der Waals surface area contributed by atoms with Gasteiger partial charge in [0.1, 0.15) is 6.07 Å². The molecule has 7 nitrogen and oxygen atoms in total. The van der Waals surface area contributed by atoms with Crippen molar-refractivity contribution in [2.45, 2.75) is 38.6 Å². The van der Waals surface area contributed by atoms with E-state index in [9.17, 15) is 10.1 Å². The number of carbonyl (C=O) groups excluding carboxylic acids is 1. The Morgan fingerprint density at radius 1 is 1.26 bits per heavy atom. The Kier molecular flexibility index (Phi) is 6.37. The highest BCUT2D eigenvalue weighted by atomic mass is 16.4. The van der Waals surface area contributed by atoms with Gasteiger partial charge < -0.3 is 19.1 Å². The van der Waals surface area contributed by atoms with Crippen molar-refractivity contribution >= 4 is 11.8 Å². The largest absolute Gasteiger partial charge is 0.459 e. The van der Waals surface area contributed by atoms with Crippen LogP contribution in [0.1, 0.15) is 49.9 Å². The topological polar surface area (TPSA) is 95.3 Å². The van der Waals surface area contributed by atoms with E-state index in [2.05, 4.69) is 35.4 Å². The molecule has 3 aromatic rings. The summed E-state index contributed by atoms with van der Waals surface area (Å²) in [6.07, 6.45) is 4.84. The second-order valence-corrected chi connectivity index (χ2v) is 7.78. The van der Waals surface area contributed by atoms with Crippen molar-refractivity contribution in [3.63, 3.8) is 0 Å². The minimum atomic E-state index is -0.0580. The fraction of sp³-hybridized carbons (Fsp3) is 0.375. The second-order valence-electron chi connectivity index (χ2n) is 7.78. The van der Waals surface area contributed by atoms with Crippen molar-refractivity contribution in [2.75, 3.05) is 18.0 Å². The van der Waals surface area contributed by atoms with Gasteiger partial charge in [-0.25, -0.2) is 0 Å². The number of rotatable bonds is 7. The fourth-order valence-electron chi connectivity index (χ4n) is 4.04. The summed E-state index contributed by atoms with van der Waals surface area (Å²) in [4.78, 5) is 19.2. The van der Waals surface area contributed by atoms with Crippen molar-refractivity contribution in [1.29, 1.82) is 5.26 Å². The third kappa shape index (κ3) is 4.64. The van der Waals surface area contributed by atoms with Gasteiger partial charge in [0.05, 0.1) is 12.3 Å². The molecule has 1 aromatic carbocycles. The number of nitriles is 1. The summed E-state index contributed by atoms with van der Waals surface area (Å²) in [5, 5.41) is 12.7. The molecule has 0 radical (unpaired) electrons. The number of aromatic nitrogens is 1. The van der Waals surface area contributed by atoms with Gasteiger partial charge in [-0.05, 0) is 37.0 Å². The molecule has 3 heterocycles. The first kappa shape index (κ1) is 20.7. The number of amides is 1. The summed E-state index contributed by atoms with van der Waals surface area (Å²) in [6, 6.07) is 15.7. The van der Waals surface area contributed by atoms with E-state index in [1.807, 2.05) is 23.1 Å². The number of hydrogen-bond donors (Lipinski definition) is 1. The quantitative estimate of drug-likeness (QED) is 0.598. The number of hydrogen-bond acceptors (Lipinski definition) is 6. The number of anilines is 1. The summed E-state index contributed by atoms with van der Waals surface area (Å²) < 4.78 is 11.2. The Labute approximate surface area is 181 Å². The molecule has 1 unspecified atom stereocenters. The van der Waals surface area contributed by atoms with Crippen LogP contribution in [0.5, 0.6) is 0 Å². The van der Waals surface area contributed by atoms with Crippen LogP contribution in [0.25, 0.3) is 11.7 Å². The zero-order valence-electron chi connectivity index (χ0n) is 17.6. The van der Waals surface area contributed by atoms with E-state index in [1.54, 1.807) is 12.1 Å². The maximum absolute atomic E-state index is 13.0. The zero-order valence-corrected chi connectivity index (χ0v) is 17.6. The van der Waals surface area contributed by atoms with Gasteiger partial charge in [0.15, 0.2) is 5.76 Å². The first-order chi connectivity index (χ1) is 15.2. The van der Waals surface area contributed by atoms with Gasteiger partial charge >= 0.3 is 0 Å². The lowest BCUT2D eigenvalue weighted by Gasteiger charge is -2.32. The summed E-state index contributed by atoms with van der Waals surface area (Å²) in [7, 11) is 0. The molecule has 1 saturated heterocycles. The maximum Gasteiger partial charge on any atom is 0.266 e. The first-order valence-corrected chi connectivity index (χ1v) is 10.7. The second kappa shape index (κ2) is 9.52. The number of furan rings is 1. The molecule has 160 valence electrons. The summed E-state index contributed by atoms with van der Waals surface area (Å²) in [5.74, 6) is 1.26. The predicted molar refractivity (Wildman–Crippen MR) is 116 cm³/mol. The molecule has 0 aliphatic carbocycles. The smallest absolute Gasteiger partial charge is 0.266 e. The average molecular weight is 418 g/mol. The van der Waals surface area contributed by atoms with Crippen LogP contribution in [0.3, 0.4) is 0 Å². The van der Waals surface area contributed by atoms with Crippen molar-refractivity contribution in [1.82, 2.24) is 10.3 Å². The molecule has 0 bridgehead atoms. The van der Waals surface area contributed by atoms with Crippen LogP contribution in [-0.2, 0) is 4.79 Å². The number of piperidine rings is 1. The summed E-state index contributed by atoms with van der Waals surface area (Å²) in [6.45, 7) is 3.38. The van der Waals surface area contributed by atoms with Gasteiger partial charge in [0.2, 0.25) is 17.5 Å². The van der Waals surface area contributed by atoms with Crippen LogP contribution in [-0.4, -0.2) is 24.0 Å². The number of nitrogens with zero attached hydrogens (tertiary/aromatic N) is 3. The normalized spacial score (nSPS) is 15.4. The van der Waals surface area contributed by atoms with Gasteiger partial charge in [-0.15, -0.1) is 0 Å². The van der Waals surface area contributed by atoms with E-state index >= 15 is 0 Å². The van der Waals surface area contributed by atoms with Crippen LogP contribution in [0.15, 0.2) is 57.6 Å². The van der Waals surface area contributed by atoms with Crippen LogP contribution in [0, 0.1) is 17.2 Å². The molecule has 2 aromatic heterocycles. The Bertz CT molecular complexity index is 1030. The predicted octanol–water partition coefficient (Wildman–Crippen LogP) is 4.68. The monoisotopic (exact) mass is 418 g/mol. The summed E-state index contributed by atoms with van der Waals surface area (Å²) in [5.41, 5.74) is 1.38. The SMILES string of the molecule is CCCC(NC(=O)C1CCN(c2oc(-c3ccco3)nc2C#N)CC1)c1ccccc1. The highest BCUT2D eigenvalue weighted by molar-refractivity contribution is 5.79. The van der Waals surface area contributed by atoms with Crippen molar-refractivity contribution in [3.8, 4) is 17.7 Å². The Morgan fingerprint density at radius 2 is 2.03 bits per heavy atom. The third-order valence-corrected chi connectivity index (χ3v) is 5.70. The Balaban J connectivity index is 1.39. The minimum Gasteiger partial charge on any atom is -0.459 e. The molecule has 1 aliphatic rings. The van der Waals surface area contributed by atoms with Crippen molar-refractivity contribution in [3.05, 3.63) is 60.0 Å². The first-order valence-electron chi connectivity index (χ1n) is 10.7. The highest BCUT2D eigenvalue weighted by Gasteiger charge is 2.30. The van der Waals surface area contributed by atoms with E-state index in [-0.39, 0.29) is 23.6 Å². The Hall–Kier alpha value is -3.53. The van der Waals surface area contributed by atoms with Crippen LogP contribution >= 0.6 is 0 Å². The van der Waals surface area contributed by atoms with Gasteiger partial charge in [-0.3, -0.25) is 4.79 Å². The molecule has 1 fully saturated rings. The molecule has 0 saturated carbocycles. The van der Waals surface area contributed by atoms with E-state index in [0.717, 1.165) is 18.4 Å². The van der Waals surface area contributed by atoms with Crippen molar-refractivity contribution < 1.29 is 13.6 Å². The minimum absolute atomic E-state index is 0.0343. The van der Waals surface area contributed by atoms with E-state index in [0.29, 0.717) is 43.5 Å². The third-order valence-electron chi connectivity index (χ3n) is 5.70. The molecular formula is C24H26N4O3. The van der Waals surface area contributed by atoms with E-state index in [4.69, 9.17) is 8.83 Å². The molecule has 1 atom stereocenters. The lowest BCUT2D eigenvalue weighted by Crippen LogP contribution is -2.41. The van der Waals surface area contributed by atoms with Gasteiger partial charge in [-0.2, -0.15) is 10.2 Å². The molecule has 1 aliphatic heterocycles. The average Bonchev–Trinajstić information content (AvgIpc) is 3.49. The van der Waals surface area contributed by atoms with Crippen LogP contribution < -0.4 is 10.2 Å². The molecule has 0 spiro atoms. The molecule has 1 amide bonds. The Morgan fingerprint density at radius 3 is 2.68 bits per heavy atom. The molecular weight excluding hydrogens is 392 g/mol. The van der Waals surface area contributed by atoms with E-state index in [1.165, 1.54) is 6.26 Å². The number of carbonyl (C=O) groups is 1. The lowest BCUT2D eigenvalue weighted by molar-refractivity contribution is -0.126. The van der Waals surface area contributed by atoms with Gasteiger partial charge in [-0.1, -0.05) is 43.7 Å². The van der Waals surface area contributed by atoms with Crippen LogP contribution in [0.2, 0.25) is 0 Å². The number of benzene rings is 1. The van der Waals surface area contributed by atoms with Gasteiger partial charge in [0.25, 0.3) is 5.89 Å². The molecule has 7 heteroatoms. The molecule has 31 heavy (non-hydrogen) atoms. The summed E-state index contributed by atoms with van der Waals surface area (Å²) >= 11 is 0. The standard InChI is InChI=1S/C24H26N4O3/c1-2-7-19(17-8-4-3-5-9-17)26-22(29)18-11-13-28(14-12-18)24-20(16-25)27-23(31-24)21-10-6-15-30-21/h3-6,8-10,15,18-19H,2,7,11-14H2,1H3,(H,26,29). The highest BCUT2D eigenvalue weighted by Crippen LogP contribution is 2.31. The van der Waals surface area contributed by atoms with Gasteiger partial charge in [0, 0.05) is 19.0 Å². The van der Waals surface area contributed by atoms with Crippen LogP contribution in [0.4, 0.5) is 5.88 Å². The van der Waals surface area contributed by atoms with E-state index < -0.39 is 0 Å². The number of oxazole rings is 1. The fourth-order valence-corrected chi connectivity index (χ4v) is 4.04. The lowest BCUT2D eigenvalue weighted by atomic mass is 9.94.